The van der Waals surface area contributed by atoms with Gasteiger partial charge < -0.3 is 25.8 Å². The molecule has 1 aromatic heterocycles. The Kier molecular flexibility index (Phi) is 8.82. The van der Waals surface area contributed by atoms with E-state index in [-0.39, 0.29) is 18.7 Å². The summed E-state index contributed by atoms with van der Waals surface area (Å²) in [5.74, 6) is -4.80. The van der Waals surface area contributed by atoms with Crippen molar-refractivity contribution in [2.75, 3.05) is 6.54 Å². The molecule has 224 valence electrons. The van der Waals surface area contributed by atoms with Crippen LogP contribution >= 0.6 is 0 Å². The van der Waals surface area contributed by atoms with E-state index in [1.807, 2.05) is 6.07 Å². The van der Waals surface area contributed by atoms with Crippen LogP contribution in [0.5, 0.6) is 5.75 Å². The normalized spacial score (nSPS) is 17.5. The minimum atomic E-state index is -5.40. The topological polar surface area (TPSA) is 156 Å². The summed E-state index contributed by atoms with van der Waals surface area (Å²) in [4.78, 5) is 44.0. The molecule has 2 aromatic rings. The number of nitrogens with zero attached hydrogens (tertiary/aromatic N) is 1. The Morgan fingerprint density at radius 2 is 1.80 bits per heavy atom. The maximum absolute atomic E-state index is 14.2. The molecule has 3 rings (SSSR count). The molecule has 2 heterocycles. The number of H-pyrrole nitrogens is 1. The molecule has 3 amide bonds. The van der Waals surface area contributed by atoms with Gasteiger partial charge in [0.15, 0.2) is 5.75 Å². The molecule has 0 radical (unpaired) electrons. The fourth-order valence-corrected chi connectivity index (χ4v) is 4.65. The number of alkyl halides is 6. The van der Waals surface area contributed by atoms with Crippen LogP contribution < -0.4 is 20.8 Å². The van der Waals surface area contributed by atoms with Gasteiger partial charge in [-0.2, -0.15) is 31.6 Å². The molecule has 0 bridgehead atoms. The van der Waals surface area contributed by atoms with Crippen LogP contribution in [0.15, 0.2) is 12.1 Å². The van der Waals surface area contributed by atoms with Crippen LogP contribution in [0.25, 0.3) is 10.9 Å². The summed E-state index contributed by atoms with van der Waals surface area (Å²) in [6.07, 6.45) is -10.3. The van der Waals surface area contributed by atoms with E-state index in [1.165, 1.54) is 0 Å². The molecule has 5 N–H and O–H groups in total. The Morgan fingerprint density at radius 3 is 2.29 bits per heavy atom. The number of carbonyl (C=O) groups excluding carboxylic acids is 3. The molecule has 41 heavy (non-hydrogen) atoms. The van der Waals surface area contributed by atoms with Gasteiger partial charge in [-0.1, -0.05) is 20.8 Å². The van der Waals surface area contributed by atoms with Gasteiger partial charge in [-0.15, -0.1) is 0 Å². The SMILES string of the molecule is CC(C)(C)C[C@H](NC(=O)c1[nH]c2ccc(C(F)(F)F)c(OO)c2c1C(F)(F)F)C(=O)N[C@H](C#N)C[C@@H]1CCNC1=O. The lowest BCUT2D eigenvalue weighted by atomic mass is 9.87. The number of fused-ring (bicyclic) bond motifs is 1. The van der Waals surface area contributed by atoms with E-state index in [9.17, 15) is 46.0 Å². The lowest BCUT2D eigenvalue weighted by Crippen LogP contribution is -2.51. The van der Waals surface area contributed by atoms with Crippen LogP contribution in [0.1, 0.15) is 61.6 Å². The monoisotopic (exact) mass is 591 g/mol. The van der Waals surface area contributed by atoms with Crippen LogP contribution in [0.2, 0.25) is 0 Å². The van der Waals surface area contributed by atoms with E-state index in [0.29, 0.717) is 25.1 Å². The Balaban J connectivity index is 2.00. The first kappa shape index (κ1) is 31.5. The number of nitrogens with one attached hydrogen (secondary N) is 4. The number of benzene rings is 1. The molecule has 1 aromatic carbocycles. The fraction of sp³-hybridized carbons (Fsp3) is 0.520. The van der Waals surface area contributed by atoms with Gasteiger partial charge >= 0.3 is 12.4 Å². The van der Waals surface area contributed by atoms with E-state index < -0.39 is 81.1 Å². The van der Waals surface area contributed by atoms with Gasteiger partial charge in [0, 0.05) is 12.5 Å². The number of nitriles is 1. The quantitative estimate of drug-likeness (QED) is 0.177. The number of aromatic amines is 1. The van der Waals surface area contributed by atoms with Crippen molar-refractivity contribution in [2.24, 2.45) is 11.3 Å². The van der Waals surface area contributed by atoms with Crippen LogP contribution in [-0.4, -0.2) is 46.6 Å². The molecule has 1 fully saturated rings. The second-order valence-electron chi connectivity index (χ2n) is 10.8. The second-order valence-corrected chi connectivity index (χ2v) is 10.8. The number of halogens is 6. The number of hydrogen-bond donors (Lipinski definition) is 5. The largest absolute Gasteiger partial charge is 0.420 e. The zero-order chi connectivity index (χ0) is 30.9. The average molecular weight is 592 g/mol. The Bertz CT molecular complexity index is 1370. The molecular formula is C25H27F6N5O5. The van der Waals surface area contributed by atoms with Gasteiger partial charge in [-0.3, -0.25) is 14.4 Å². The number of carbonyl (C=O) groups is 3. The molecule has 1 saturated heterocycles. The average Bonchev–Trinajstić information content (AvgIpc) is 3.44. The molecule has 0 spiro atoms. The first-order valence-electron chi connectivity index (χ1n) is 12.3. The zero-order valence-electron chi connectivity index (χ0n) is 22.0. The van der Waals surface area contributed by atoms with Gasteiger partial charge in [-0.05, 0) is 36.8 Å². The van der Waals surface area contributed by atoms with Crippen LogP contribution in [0, 0.1) is 22.7 Å². The predicted octanol–water partition coefficient (Wildman–Crippen LogP) is 4.13. The van der Waals surface area contributed by atoms with E-state index in [2.05, 4.69) is 25.8 Å². The third-order valence-corrected chi connectivity index (χ3v) is 6.42. The van der Waals surface area contributed by atoms with Crippen molar-refractivity contribution >= 4 is 28.6 Å². The highest BCUT2D eigenvalue weighted by Gasteiger charge is 2.44. The number of amides is 3. The zero-order valence-corrected chi connectivity index (χ0v) is 22.0. The fourth-order valence-electron chi connectivity index (χ4n) is 4.65. The molecule has 1 aliphatic heterocycles. The summed E-state index contributed by atoms with van der Waals surface area (Å²) < 4.78 is 82.7. The smallest absolute Gasteiger partial charge is 0.356 e. The first-order valence-corrected chi connectivity index (χ1v) is 12.3. The van der Waals surface area contributed by atoms with Crippen molar-refractivity contribution in [1.82, 2.24) is 20.9 Å². The van der Waals surface area contributed by atoms with Crippen molar-refractivity contribution in [3.63, 3.8) is 0 Å². The number of aromatic nitrogens is 1. The minimum absolute atomic E-state index is 0.0318. The third kappa shape index (κ3) is 7.20. The summed E-state index contributed by atoms with van der Waals surface area (Å²) in [5.41, 5.74) is -6.06. The summed E-state index contributed by atoms with van der Waals surface area (Å²) >= 11 is 0. The summed E-state index contributed by atoms with van der Waals surface area (Å²) in [7, 11) is 0. The van der Waals surface area contributed by atoms with E-state index in [1.54, 1.807) is 20.8 Å². The van der Waals surface area contributed by atoms with Gasteiger partial charge in [0.25, 0.3) is 5.91 Å². The standard InChI is InChI=1S/C25H27F6N5O5/c1-23(2,3)9-15(21(38)34-12(10-32)8-11-6-7-33-20(11)37)36-22(39)18-17(25(29,30)31)16-14(35-18)5-4-13(19(16)41-40)24(26,27)28/h4-5,11-12,15,35,40H,6-9H2,1-3H3,(H,33,37)(H,34,38)(H,36,39)/t11-,12-,15-/m0/s1. The van der Waals surface area contributed by atoms with Crippen LogP contribution in [0.3, 0.4) is 0 Å². The Morgan fingerprint density at radius 1 is 1.15 bits per heavy atom. The van der Waals surface area contributed by atoms with Crippen molar-refractivity contribution in [2.45, 2.75) is 64.5 Å². The van der Waals surface area contributed by atoms with Crippen molar-refractivity contribution in [3.8, 4) is 11.8 Å². The molecule has 1 aliphatic rings. The third-order valence-electron chi connectivity index (χ3n) is 6.42. The van der Waals surface area contributed by atoms with E-state index >= 15 is 0 Å². The molecule has 10 nitrogen and oxygen atoms in total. The van der Waals surface area contributed by atoms with Gasteiger partial charge in [-0.25, -0.2) is 5.26 Å². The highest BCUT2D eigenvalue weighted by molar-refractivity contribution is 6.05. The second kappa shape index (κ2) is 11.5. The highest BCUT2D eigenvalue weighted by Crippen LogP contribution is 2.46. The van der Waals surface area contributed by atoms with Gasteiger partial charge in [0.1, 0.15) is 23.3 Å². The van der Waals surface area contributed by atoms with Crippen LogP contribution in [-0.2, 0) is 21.9 Å². The van der Waals surface area contributed by atoms with E-state index in [0.717, 1.165) is 0 Å². The first-order chi connectivity index (χ1) is 18.9. The molecule has 0 saturated carbocycles. The maximum atomic E-state index is 14.2. The maximum Gasteiger partial charge on any atom is 0.420 e. The summed E-state index contributed by atoms with van der Waals surface area (Å²) in [5, 5.41) is 24.5. The van der Waals surface area contributed by atoms with Gasteiger partial charge in [0.2, 0.25) is 11.8 Å². The van der Waals surface area contributed by atoms with Gasteiger partial charge in [0.05, 0.1) is 22.5 Å². The summed E-state index contributed by atoms with van der Waals surface area (Å²) in [6, 6.07) is 0.225. The molecule has 0 aliphatic carbocycles. The van der Waals surface area contributed by atoms with Crippen LogP contribution in [0.4, 0.5) is 26.3 Å². The van der Waals surface area contributed by atoms with Crippen molar-refractivity contribution < 1.29 is 50.9 Å². The molecule has 0 unspecified atom stereocenters. The van der Waals surface area contributed by atoms with Crippen molar-refractivity contribution in [1.29, 1.82) is 5.26 Å². The molecular weight excluding hydrogens is 564 g/mol. The molecule has 16 heteroatoms. The minimum Gasteiger partial charge on any atom is -0.356 e. The highest BCUT2D eigenvalue weighted by atomic mass is 19.4. The number of hydrogen-bond acceptors (Lipinski definition) is 6. The Labute approximate surface area is 229 Å². The lowest BCUT2D eigenvalue weighted by Gasteiger charge is -2.27. The number of rotatable bonds is 8. The predicted molar refractivity (Wildman–Crippen MR) is 130 cm³/mol. The van der Waals surface area contributed by atoms with Crippen molar-refractivity contribution in [3.05, 3.63) is 29.0 Å². The molecule has 3 atom stereocenters. The van der Waals surface area contributed by atoms with E-state index in [4.69, 9.17) is 5.26 Å². The Hall–Kier alpha value is -4.00. The summed E-state index contributed by atoms with van der Waals surface area (Å²) in [6.45, 7) is 5.44. The lowest BCUT2D eigenvalue weighted by molar-refractivity contribution is -0.162.